The van der Waals surface area contributed by atoms with Crippen LogP contribution in [0, 0.1) is 0 Å². The third-order valence-corrected chi connectivity index (χ3v) is 3.10. The highest BCUT2D eigenvalue weighted by Gasteiger charge is 2.08. The number of amides is 3. The van der Waals surface area contributed by atoms with Gasteiger partial charge in [-0.15, -0.1) is 0 Å². The molecule has 0 unspecified atom stereocenters. The number of anilines is 1. The van der Waals surface area contributed by atoms with Crippen LogP contribution in [0.25, 0.3) is 0 Å². The van der Waals surface area contributed by atoms with Gasteiger partial charge in [0.05, 0.1) is 10.7 Å². The van der Waals surface area contributed by atoms with Crippen LogP contribution >= 0.6 is 23.2 Å². The van der Waals surface area contributed by atoms with Crippen molar-refractivity contribution in [2.75, 3.05) is 5.32 Å². The van der Waals surface area contributed by atoms with Crippen LogP contribution in [0.3, 0.4) is 0 Å². The maximum absolute atomic E-state index is 11.8. The van der Waals surface area contributed by atoms with Crippen LogP contribution in [0.5, 0.6) is 0 Å². The number of nitrogens with one attached hydrogen (secondary N) is 3. The van der Waals surface area contributed by atoms with Gasteiger partial charge in [-0.25, -0.2) is 10.2 Å². The van der Waals surface area contributed by atoms with Crippen LogP contribution in [-0.4, -0.2) is 11.9 Å². The van der Waals surface area contributed by atoms with Gasteiger partial charge in [0.15, 0.2) is 0 Å². The Labute approximate surface area is 131 Å². The summed E-state index contributed by atoms with van der Waals surface area (Å²) in [6.07, 6.45) is 0. The lowest BCUT2D eigenvalue weighted by Crippen LogP contribution is -2.43. The third kappa shape index (κ3) is 4.37. The summed E-state index contributed by atoms with van der Waals surface area (Å²) in [6.45, 7) is 0. The molecule has 5 nitrogen and oxygen atoms in total. The highest BCUT2D eigenvalue weighted by atomic mass is 35.5. The summed E-state index contributed by atoms with van der Waals surface area (Å²) in [4.78, 5) is 23.4. The number of halogens is 2. The predicted octanol–water partition coefficient (Wildman–Crippen LogP) is 3.46. The van der Waals surface area contributed by atoms with E-state index in [0.29, 0.717) is 21.3 Å². The summed E-state index contributed by atoms with van der Waals surface area (Å²) >= 11 is 11.6. The molecule has 0 bridgehead atoms. The van der Waals surface area contributed by atoms with E-state index in [1.54, 1.807) is 48.5 Å². The van der Waals surface area contributed by atoms with E-state index in [1.165, 1.54) is 0 Å². The molecule has 0 radical (unpaired) electrons. The molecule has 0 fully saturated rings. The Morgan fingerprint density at radius 1 is 0.857 bits per heavy atom. The van der Waals surface area contributed by atoms with Crippen molar-refractivity contribution in [1.82, 2.24) is 10.9 Å². The first-order valence-electron chi connectivity index (χ1n) is 5.93. The van der Waals surface area contributed by atoms with Gasteiger partial charge in [-0.2, -0.15) is 0 Å². The molecule has 7 heteroatoms. The van der Waals surface area contributed by atoms with Gasteiger partial charge in [0.25, 0.3) is 5.91 Å². The smallest absolute Gasteiger partial charge is 0.305 e. The second-order valence-electron chi connectivity index (χ2n) is 4.02. The zero-order valence-electron chi connectivity index (χ0n) is 10.7. The minimum Gasteiger partial charge on any atom is -0.305 e. The molecule has 108 valence electrons. The quantitative estimate of drug-likeness (QED) is 0.741. The topological polar surface area (TPSA) is 70.2 Å². The molecular formula is C14H11Cl2N3O2. The number of hydrazine groups is 1. The largest absolute Gasteiger partial charge is 0.337 e. The van der Waals surface area contributed by atoms with E-state index in [2.05, 4.69) is 16.2 Å². The Hall–Kier alpha value is -2.24. The van der Waals surface area contributed by atoms with Gasteiger partial charge < -0.3 is 5.32 Å². The highest BCUT2D eigenvalue weighted by Crippen LogP contribution is 2.19. The number of rotatable bonds is 2. The normalized spacial score (nSPS) is 9.81. The Morgan fingerprint density at radius 2 is 1.52 bits per heavy atom. The standard InChI is InChI=1S/C14H11Cl2N3O2/c15-10-7-5-9(6-8-10)13(20)18-19-14(21)17-12-4-2-1-3-11(12)16/h1-8H,(H,18,20)(H2,17,19,21). The molecule has 2 aromatic carbocycles. The molecule has 3 amide bonds. The number of benzene rings is 2. The van der Waals surface area contributed by atoms with E-state index in [-0.39, 0.29) is 0 Å². The molecule has 0 aliphatic rings. The number of hydrogen-bond acceptors (Lipinski definition) is 2. The summed E-state index contributed by atoms with van der Waals surface area (Å²) in [5.41, 5.74) is 5.32. The number of carbonyl (C=O) groups is 2. The molecule has 0 saturated heterocycles. The van der Waals surface area contributed by atoms with Crippen molar-refractivity contribution in [3.05, 3.63) is 64.1 Å². The van der Waals surface area contributed by atoms with E-state index in [0.717, 1.165) is 0 Å². The van der Waals surface area contributed by atoms with E-state index in [1.807, 2.05) is 0 Å². The Kier molecular flexibility index (Phi) is 5.03. The van der Waals surface area contributed by atoms with Crippen LogP contribution in [-0.2, 0) is 0 Å². The van der Waals surface area contributed by atoms with Crippen LogP contribution in [0.2, 0.25) is 10.0 Å². The Bertz CT molecular complexity index is 660. The zero-order chi connectivity index (χ0) is 15.2. The molecule has 0 saturated carbocycles. The van der Waals surface area contributed by atoms with Crippen molar-refractivity contribution in [2.24, 2.45) is 0 Å². The molecule has 0 atom stereocenters. The molecule has 0 spiro atoms. The molecule has 3 N–H and O–H groups in total. The van der Waals surface area contributed by atoms with Gasteiger partial charge in [0.1, 0.15) is 0 Å². The molecule has 0 heterocycles. The van der Waals surface area contributed by atoms with E-state index < -0.39 is 11.9 Å². The van der Waals surface area contributed by atoms with Crippen molar-refractivity contribution in [3.8, 4) is 0 Å². The van der Waals surface area contributed by atoms with Gasteiger partial charge in [0, 0.05) is 10.6 Å². The predicted molar refractivity (Wildman–Crippen MR) is 82.5 cm³/mol. The van der Waals surface area contributed by atoms with E-state index in [4.69, 9.17) is 23.2 Å². The third-order valence-electron chi connectivity index (χ3n) is 2.52. The fourth-order valence-electron chi connectivity index (χ4n) is 1.50. The zero-order valence-corrected chi connectivity index (χ0v) is 12.2. The molecule has 0 aliphatic heterocycles. The minimum absolute atomic E-state index is 0.373. The fraction of sp³-hybridized carbons (Fsp3) is 0. The SMILES string of the molecule is O=C(NNC(=O)c1ccc(Cl)cc1)Nc1ccccc1Cl. The van der Waals surface area contributed by atoms with Gasteiger partial charge in [-0.1, -0.05) is 35.3 Å². The Morgan fingerprint density at radius 3 is 2.19 bits per heavy atom. The maximum atomic E-state index is 11.8. The number of carbonyl (C=O) groups excluding carboxylic acids is 2. The average molecular weight is 324 g/mol. The van der Waals surface area contributed by atoms with Crippen LogP contribution < -0.4 is 16.2 Å². The summed E-state index contributed by atoms with van der Waals surface area (Å²) in [5.74, 6) is -0.457. The summed E-state index contributed by atoms with van der Waals surface area (Å²) in [5, 5.41) is 3.43. The van der Waals surface area contributed by atoms with Crippen molar-refractivity contribution in [3.63, 3.8) is 0 Å². The van der Waals surface area contributed by atoms with Gasteiger partial charge in [0.2, 0.25) is 0 Å². The molecule has 2 aromatic rings. The number of urea groups is 1. The summed E-state index contributed by atoms with van der Waals surface area (Å²) in [6, 6.07) is 12.4. The van der Waals surface area contributed by atoms with Crippen LogP contribution in [0.1, 0.15) is 10.4 Å². The first-order valence-corrected chi connectivity index (χ1v) is 6.69. The van der Waals surface area contributed by atoms with Crippen molar-refractivity contribution in [2.45, 2.75) is 0 Å². The van der Waals surface area contributed by atoms with E-state index >= 15 is 0 Å². The molecule has 2 rings (SSSR count). The summed E-state index contributed by atoms with van der Waals surface area (Å²) < 4.78 is 0. The first-order chi connectivity index (χ1) is 10.1. The molecular weight excluding hydrogens is 313 g/mol. The molecule has 0 aromatic heterocycles. The minimum atomic E-state index is -0.606. The molecule has 0 aliphatic carbocycles. The van der Waals surface area contributed by atoms with Crippen molar-refractivity contribution < 1.29 is 9.59 Å². The van der Waals surface area contributed by atoms with Crippen molar-refractivity contribution >= 4 is 40.8 Å². The van der Waals surface area contributed by atoms with Crippen LogP contribution in [0.4, 0.5) is 10.5 Å². The molecule has 21 heavy (non-hydrogen) atoms. The maximum Gasteiger partial charge on any atom is 0.337 e. The lowest BCUT2D eigenvalue weighted by atomic mass is 10.2. The van der Waals surface area contributed by atoms with Crippen LogP contribution in [0.15, 0.2) is 48.5 Å². The van der Waals surface area contributed by atoms with Crippen molar-refractivity contribution in [1.29, 1.82) is 0 Å². The second-order valence-corrected chi connectivity index (χ2v) is 4.86. The van der Waals surface area contributed by atoms with Gasteiger partial charge in [-0.3, -0.25) is 10.2 Å². The number of para-hydroxylation sites is 1. The number of hydrogen-bond donors (Lipinski definition) is 3. The highest BCUT2D eigenvalue weighted by molar-refractivity contribution is 6.33. The lowest BCUT2D eigenvalue weighted by Gasteiger charge is -2.10. The second kappa shape index (κ2) is 6.97. The first kappa shape index (κ1) is 15.2. The fourth-order valence-corrected chi connectivity index (χ4v) is 1.81. The average Bonchev–Trinajstić information content (AvgIpc) is 2.48. The van der Waals surface area contributed by atoms with Gasteiger partial charge in [-0.05, 0) is 36.4 Å². The summed E-state index contributed by atoms with van der Waals surface area (Å²) in [7, 11) is 0. The lowest BCUT2D eigenvalue weighted by molar-refractivity contribution is 0.0938. The van der Waals surface area contributed by atoms with Gasteiger partial charge >= 0.3 is 6.03 Å². The monoisotopic (exact) mass is 323 g/mol. The van der Waals surface area contributed by atoms with E-state index in [9.17, 15) is 9.59 Å². The Balaban J connectivity index is 1.88.